The number of hydrogen-bond acceptors (Lipinski definition) is 4. The van der Waals surface area contributed by atoms with Gasteiger partial charge < -0.3 is 15.2 Å². The number of anilines is 1. The van der Waals surface area contributed by atoms with Crippen molar-refractivity contribution in [2.45, 2.75) is 13.8 Å². The van der Waals surface area contributed by atoms with Crippen LogP contribution in [0.2, 0.25) is 0 Å². The second-order valence-corrected chi connectivity index (χ2v) is 4.45. The SMILES string of the molecule is CCOC(=O)c1cccc(Oc2ccc(C)c(F)c2)c1N. The first kappa shape index (κ1) is 14.8. The van der Waals surface area contributed by atoms with Crippen molar-refractivity contribution in [3.63, 3.8) is 0 Å². The largest absolute Gasteiger partial charge is 0.462 e. The predicted octanol–water partition coefficient (Wildman–Crippen LogP) is 3.69. The Kier molecular flexibility index (Phi) is 4.42. The normalized spacial score (nSPS) is 10.2. The Hall–Kier alpha value is -2.56. The second-order valence-electron chi connectivity index (χ2n) is 4.45. The lowest BCUT2D eigenvalue weighted by Crippen LogP contribution is -2.08. The highest BCUT2D eigenvalue weighted by atomic mass is 19.1. The number of carbonyl (C=O) groups excluding carboxylic acids is 1. The van der Waals surface area contributed by atoms with Gasteiger partial charge in [0.1, 0.15) is 11.6 Å². The van der Waals surface area contributed by atoms with Crippen LogP contribution in [0, 0.1) is 12.7 Å². The van der Waals surface area contributed by atoms with Gasteiger partial charge in [-0.2, -0.15) is 0 Å². The van der Waals surface area contributed by atoms with Gasteiger partial charge in [-0.25, -0.2) is 9.18 Å². The van der Waals surface area contributed by atoms with Crippen LogP contribution >= 0.6 is 0 Å². The molecule has 2 N–H and O–H groups in total. The Balaban J connectivity index is 2.30. The summed E-state index contributed by atoms with van der Waals surface area (Å²) in [5.41, 5.74) is 6.82. The number of nitrogens with two attached hydrogens (primary N) is 1. The highest BCUT2D eigenvalue weighted by Crippen LogP contribution is 2.31. The maximum atomic E-state index is 13.5. The average Bonchev–Trinajstić information content (AvgIpc) is 2.45. The molecule has 110 valence electrons. The molecular formula is C16H16FNO3. The quantitative estimate of drug-likeness (QED) is 0.689. The van der Waals surface area contributed by atoms with E-state index in [-0.39, 0.29) is 29.4 Å². The Morgan fingerprint density at radius 3 is 2.71 bits per heavy atom. The number of rotatable bonds is 4. The van der Waals surface area contributed by atoms with Gasteiger partial charge >= 0.3 is 5.97 Å². The molecule has 0 unspecified atom stereocenters. The Labute approximate surface area is 122 Å². The molecule has 2 rings (SSSR count). The van der Waals surface area contributed by atoms with Gasteiger partial charge in [-0.1, -0.05) is 12.1 Å². The molecule has 0 amide bonds. The van der Waals surface area contributed by atoms with Gasteiger partial charge in [0.2, 0.25) is 0 Å². The lowest BCUT2D eigenvalue weighted by Gasteiger charge is -2.12. The molecule has 0 bridgehead atoms. The average molecular weight is 289 g/mol. The van der Waals surface area contributed by atoms with Gasteiger partial charge in [-0.3, -0.25) is 0 Å². The van der Waals surface area contributed by atoms with Gasteiger partial charge in [0.05, 0.1) is 17.9 Å². The van der Waals surface area contributed by atoms with Gasteiger partial charge in [-0.15, -0.1) is 0 Å². The molecule has 2 aromatic carbocycles. The summed E-state index contributed by atoms with van der Waals surface area (Å²) in [6.07, 6.45) is 0. The third-order valence-corrected chi connectivity index (χ3v) is 2.93. The maximum Gasteiger partial charge on any atom is 0.340 e. The summed E-state index contributed by atoms with van der Waals surface area (Å²) in [5, 5.41) is 0. The van der Waals surface area contributed by atoms with Gasteiger partial charge in [0.25, 0.3) is 0 Å². The van der Waals surface area contributed by atoms with Gasteiger partial charge in [0.15, 0.2) is 5.75 Å². The van der Waals surface area contributed by atoms with Crippen LogP contribution in [-0.4, -0.2) is 12.6 Å². The molecule has 0 aliphatic rings. The van der Waals surface area contributed by atoms with Gasteiger partial charge in [-0.05, 0) is 37.6 Å². The van der Waals surface area contributed by atoms with Crippen LogP contribution in [0.1, 0.15) is 22.8 Å². The van der Waals surface area contributed by atoms with E-state index in [2.05, 4.69) is 0 Å². The summed E-state index contributed by atoms with van der Waals surface area (Å²) in [7, 11) is 0. The predicted molar refractivity (Wildman–Crippen MR) is 78.0 cm³/mol. The summed E-state index contributed by atoms with van der Waals surface area (Å²) in [6.45, 7) is 3.63. The van der Waals surface area contributed by atoms with E-state index in [1.165, 1.54) is 6.07 Å². The highest BCUT2D eigenvalue weighted by Gasteiger charge is 2.15. The molecule has 0 aromatic heterocycles. The molecule has 0 heterocycles. The highest BCUT2D eigenvalue weighted by molar-refractivity contribution is 5.96. The van der Waals surface area contributed by atoms with Gasteiger partial charge in [0, 0.05) is 6.07 Å². The van der Waals surface area contributed by atoms with Crippen LogP contribution in [0.15, 0.2) is 36.4 Å². The standard InChI is InChI=1S/C16H16FNO3/c1-3-20-16(19)12-5-4-6-14(15(12)18)21-11-8-7-10(2)13(17)9-11/h4-9H,3,18H2,1-2H3. The topological polar surface area (TPSA) is 61.5 Å². The van der Waals surface area contributed by atoms with E-state index in [1.54, 1.807) is 44.2 Å². The number of ether oxygens (including phenoxy) is 2. The lowest BCUT2D eigenvalue weighted by atomic mass is 10.1. The van der Waals surface area contributed by atoms with E-state index in [0.29, 0.717) is 11.3 Å². The molecule has 0 spiro atoms. The Bertz CT molecular complexity index is 671. The molecule has 0 saturated carbocycles. The fourth-order valence-electron chi connectivity index (χ4n) is 1.78. The zero-order valence-electron chi connectivity index (χ0n) is 11.9. The van der Waals surface area contributed by atoms with Crippen LogP contribution in [0.25, 0.3) is 0 Å². The smallest absolute Gasteiger partial charge is 0.340 e. The van der Waals surface area contributed by atoms with Crippen molar-refractivity contribution in [3.05, 3.63) is 53.3 Å². The molecule has 5 heteroatoms. The molecule has 0 saturated heterocycles. The van der Waals surface area contributed by atoms with Crippen molar-refractivity contribution in [2.24, 2.45) is 0 Å². The molecule has 21 heavy (non-hydrogen) atoms. The van der Waals surface area contributed by atoms with Crippen LogP contribution in [0.3, 0.4) is 0 Å². The van der Waals surface area contributed by atoms with Crippen LogP contribution in [0.5, 0.6) is 11.5 Å². The monoisotopic (exact) mass is 289 g/mol. The number of benzene rings is 2. The number of nitrogen functional groups attached to an aromatic ring is 1. The minimum Gasteiger partial charge on any atom is -0.462 e. The summed E-state index contributed by atoms with van der Waals surface area (Å²) in [6, 6.07) is 9.30. The van der Waals surface area contributed by atoms with Crippen LogP contribution < -0.4 is 10.5 Å². The maximum absolute atomic E-state index is 13.5. The fourth-order valence-corrected chi connectivity index (χ4v) is 1.78. The number of aryl methyl sites for hydroxylation is 1. The third-order valence-electron chi connectivity index (χ3n) is 2.93. The number of hydrogen-bond donors (Lipinski definition) is 1. The molecule has 4 nitrogen and oxygen atoms in total. The molecule has 0 fully saturated rings. The van der Waals surface area contributed by atoms with Crippen LogP contribution in [0.4, 0.5) is 10.1 Å². The fraction of sp³-hybridized carbons (Fsp3) is 0.188. The molecule has 0 aliphatic heterocycles. The summed E-state index contributed by atoms with van der Waals surface area (Å²) in [5.74, 6) is -0.294. The van der Waals surface area contributed by atoms with Crippen molar-refractivity contribution in [1.82, 2.24) is 0 Å². The first-order valence-electron chi connectivity index (χ1n) is 6.52. The summed E-state index contributed by atoms with van der Waals surface area (Å²) < 4.78 is 24.0. The molecule has 0 atom stereocenters. The molecule has 0 radical (unpaired) electrons. The van der Waals surface area contributed by atoms with E-state index >= 15 is 0 Å². The Morgan fingerprint density at radius 2 is 2.05 bits per heavy atom. The van der Waals surface area contributed by atoms with E-state index in [1.807, 2.05) is 0 Å². The Morgan fingerprint density at radius 1 is 1.29 bits per heavy atom. The van der Waals surface area contributed by atoms with Crippen molar-refractivity contribution < 1.29 is 18.7 Å². The first-order chi connectivity index (χ1) is 10.0. The van der Waals surface area contributed by atoms with Crippen LogP contribution in [-0.2, 0) is 4.74 Å². The third kappa shape index (κ3) is 3.31. The number of esters is 1. The first-order valence-corrected chi connectivity index (χ1v) is 6.52. The van der Waals surface area contributed by atoms with E-state index in [0.717, 1.165) is 0 Å². The molecule has 0 aliphatic carbocycles. The molecular weight excluding hydrogens is 273 g/mol. The second kappa shape index (κ2) is 6.26. The van der Waals surface area contributed by atoms with E-state index < -0.39 is 5.97 Å². The lowest BCUT2D eigenvalue weighted by molar-refractivity contribution is 0.0527. The summed E-state index contributed by atoms with van der Waals surface area (Å²) >= 11 is 0. The number of para-hydroxylation sites is 1. The van der Waals surface area contributed by atoms with Crippen molar-refractivity contribution in [2.75, 3.05) is 12.3 Å². The molecule has 2 aromatic rings. The van der Waals surface area contributed by atoms with Crippen molar-refractivity contribution >= 4 is 11.7 Å². The summed E-state index contributed by atoms with van der Waals surface area (Å²) in [4.78, 5) is 11.8. The van der Waals surface area contributed by atoms with E-state index in [4.69, 9.17) is 15.2 Å². The van der Waals surface area contributed by atoms with Crippen molar-refractivity contribution in [3.8, 4) is 11.5 Å². The zero-order valence-corrected chi connectivity index (χ0v) is 11.9. The minimum atomic E-state index is -0.518. The van der Waals surface area contributed by atoms with Crippen molar-refractivity contribution in [1.29, 1.82) is 0 Å². The zero-order chi connectivity index (χ0) is 15.4. The number of halogens is 1. The number of carbonyl (C=O) groups is 1. The minimum absolute atomic E-state index is 0.164. The van der Waals surface area contributed by atoms with E-state index in [9.17, 15) is 9.18 Å².